The van der Waals surface area contributed by atoms with Crippen molar-refractivity contribution >= 4 is 31.2 Å². The van der Waals surface area contributed by atoms with Crippen LogP contribution in [0, 0.1) is 0 Å². The van der Waals surface area contributed by atoms with E-state index in [1.165, 1.54) is 0 Å². The zero-order valence-corrected chi connectivity index (χ0v) is 11.4. The van der Waals surface area contributed by atoms with Gasteiger partial charge in [0.25, 0.3) is 0 Å². The van der Waals surface area contributed by atoms with Crippen molar-refractivity contribution < 1.29 is 8.85 Å². The highest BCUT2D eigenvalue weighted by atomic mass is 127. The zero-order valence-electron chi connectivity index (χ0n) is 8.23. The van der Waals surface area contributed by atoms with E-state index < -0.39 is 8.56 Å². The minimum Gasteiger partial charge on any atom is -0.394 e. The van der Waals surface area contributed by atoms with Crippen LogP contribution < -0.4 is 0 Å². The van der Waals surface area contributed by atoms with Crippen molar-refractivity contribution in [3.8, 4) is 0 Å². The van der Waals surface area contributed by atoms with Gasteiger partial charge in [0.2, 0.25) is 0 Å². The van der Waals surface area contributed by atoms with E-state index in [4.69, 9.17) is 8.85 Å². The quantitative estimate of drug-likeness (QED) is 0.409. The second-order valence-corrected chi connectivity index (χ2v) is 8.36. The summed E-state index contributed by atoms with van der Waals surface area (Å²) in [6, 6.07) is 0. The monoisotopic (exact) mass is 302 g/mol. The normalized spacial score (nSPS) is 12.0. The Labute approximate surface area is 90.4 Å². The smallest absolute Gasteiger partial charge is 0.344 e. The first-order valence-electron chi connectivity index (χ1n) is 4.52. The van der Waals surface area contributed by atoms with E-state index in [-0.39, 0.29) is 0 Å². The maximum absolute atomic E-state index is 5.74. The molecule has 2 nitrogen and oxygen atoms in total. The molecule has 0 aromatic heterocycles. The van der Waals surface area contributed by atoms with Gasteiger partial charge < -0.3 is 8.85 Å². The van der Waals surface area contributed by atoms with Gasteiger partial charge in [-0.3, -0.25) is 0 Å². The Hall–Kier alpha value is 0.867. The van der Waals surface area contributed by atoms with Gasteiger partial charge in [-0.25, -0.2) is 0 Å². The molecule has 0 saturated carbocycles. The van der Waals surface area contributed by atoms with Crippen LogP contribution in [0.25, 0.3) is 0 Å². The first kappa shape index (κ1) is 12.9. The number of hydrogen-bond donors (Lipinski definition) is 0. The van der Waals surface area contributed by atoms with Gasteiger partial charge in [0.1, 0.15) is 0 Å². The number of rotatable bonds is 7. The van der Waals surface area contributed by atoms with Crippen molar-refractivity contribution in [2.45, 2.75) is 33.2 Å². The Morgan fingerprint density at radius 3 is 1.75 bits per heavy atom. The van der Waals surface area contributed by atoms with Crippen LogP contribution in [0.4, 0.5) is 0 Å². The van der Waals surface area contributed by atoms with E-state index in [2.05, 4.69) is 43.0 Å². The molecule has 0 fully saturated rings. The fourth-order valence-corrected chi connectivity index (χ4v) is 3.59. The van der Waals surface area contributed by atoms with Crippen LogP contribution in [0.2, 0.25) is 6.55 Å². The van der Waals surface area contributed by atoms with E-state index in [0.29, 0.717) is 0 Å². The van der Waals surface area contributed by atoms with Crippen LogP contribution in [-0.2, 0) is 8.85 Å². The second-order valence-electron chi connectivity index (χ2n) is 2.96. The Morgan fingerprint density at radius 2 is 1.50 bits per heavy atom. The van der Waals surface area contributed by atoms with E-state index in [1.54, 1.807) is 0 Å². The van der Waals surface area contributed by atoms with E-state index >= 15 is 0 Å². The maximum Gasteiger partial charge on any atom is 0.344 e. The van der Waals surface area contributed by atoms with Crippen LogP contribution in [0.1, 0.15) is 26.7 Å². The molecule has 0 heterocycles. The predicted octanol–water partition coefficient (Wildman–Crippen LogP) is 2.89. The fraction of sp³-hybridized carbons (Fsp3) is 1.00. The second kappa shape index (κ2) is 7.29. The van der Waals surface area contributed by atoms with Crippen molar-refractivity contribution in [2.75, 3.05) is 17.3 Å². The molecule has 0 atom stereocenters. The Bertz CT molecular complexity index is 103. The minimum absolute atomic E-state index is 0.843. The average molecular weight is 302 g/mol. The summed E-state index contributed by atoms with van der Waals surface area (Å²) in [6.45, 7) is 8.08. The summed E-state index contributed by atoms with van der Waals surface area (Å²) >= 11 is 2.36. The molecule has 0 amide bonds. The van der Waals surface area contributed by atoms with E-state index in [0.717, 1.165) is 30.1 Å². The van der Waals surface area contributed by atoms with Gasteiger partial charge in [0, 0.05) is 17.3 Å². The van der Waals surface area contributed by atoms with Gasteiger partial charge in [-0.1, -0.05) is 36.4 Å². The number of alkyl halides is 1. The lowest BCUT2D eigenvalue weighted by atomic mass is 10.5. The molecular formula is C8H19IO2Si. The van der Waals surface area contributed by atoms with Crippen LogP contribution in [0.3, 0.4) is 0 Å². The highest BCUT2D eigenvalue weighted by molar-refractivity contribution is 14.1. The average Bonchev–Trinajstić information content (AvgIpc) is 2.11. The molecule has 0 aliphatic carbocycles. The topological polar surface area (TPSA) is 18.5 Å². The van der Waals surface area contributed by atoms with Crippen molar-refractivity contribution in [3.63, 3.8) is 0 Å². The summed E-state index contributed by atoms with van der Waals surface area (Å²) in [5, 5.41) is 0. The van der Waals surface area contributed by atoms with Crippen LogP contribution in [0.5, 0.6) is 0 Å². The molecule has 74 valence electrons. The third kappa shape index (κ3) is 5.50. The standard InChI is InChI=1S/C8H19IO2Si/c1-4-6-10-12(3,8-9)11-7-5-2/h4-8H2,1-3H3. The van der Waals surface area contributed by atoms with Gasteiger partial charge >= 0.3 is 8.56 Å². The molecule has 0 rings (SSSR count). The van der Waals surface area contributed by atoms with Crippen LogP contribution in [-0.4, -0.2) is 25.8 Å². The maximum atomic E-state index is 5.74. The lowest BCUT2D eigenvalue weighted by Crippen LogP contribution is -2.41. The van der Waals surface area contributed by atoms with Crippen molar-refractivity contribution in [2.24, 2.45) is 0 Å². The minimum atomic E-state index is -1.78. The molecule has 12 heavy (non-hydrogen) atoms. The fourth-order valence-electron chi connectivity index (χ4n) is 0.755. The first-order valence-corrected chi connectivity index (χ1v) is 8.57. The summed E-state index contributed by atoms with van der Waals surface area (Å²) in [4.78, 5) is 0. The van der Waals surface area contributed by atoms with Crippen molar-refractivity contribution in [1.29, 1.82) is 0 Å². The molecule has 0 aromatic rings. The lowest BCUT2D eigenvalue weighted by molar-refractivity contribution is 0.179. The molecule has 0 radical (unpaired) electrons. The number of halogens is 1. The molecule has 0 aliphatic heterocycles. The summed E-state index contributed by atoms with van der Waals surface area (Å²) in [5.74, 6) is 0. The van der Waals surface area contributed by atoms with Gasteiger partial charge in [0.05, 0.1) is 0 Å². The summed E-state index contributed by atoms with van der Waals surface area (Å²) in [5.41, 5.74) is 0. The van der Waals surface area contributed by atoms with Crippen LogP contribution >= 0.6 is 22.6 Å². The van der Waals surface area contributed by atoms with Crippen molar-refractivity contribution in [1.82, 2.24) is 0 Å². The van der Waals surface area contributed by atoms with E-state index in [1.807, 2.05) is 0 Å². The lowest BCUT2D eigenvalue weighted by Gasteiger charge is -2.24. The third-order valence-corrected chi connectivity index (χ3v) is 7.74. The largest absolute Gasteiger partial charge is 0.394 e. The SMILES string of the molecule is CCCO[Si](C)(CI)OCCC. The zero-order chi connectivity index (χ0) is 9.45. The summed E-state index contributed by atoms with van der Waals surface area (Å²) in [7, 11) is -1.78. The molecule has 0 saturated heterocycles. The van der Waals surface area contributed by atoms with Gasteiger partial charge in [0.15, 0.2) is 0 Å². The molecule has 0 unspecified atom stereocenters. The molecule has 0 N–H and O–H groups in total. The van der Waals surface area contributed by atoms with Crippen LogP contribution in [0.15, 0.2) is 0 Å². The van der Waals surface area contributed by atoms with Crippen molar-refractivity contribution in [3.05, 3.63) is 0 Å². The summed E-state index contributed by atoms with van der Waals surface area (Å²) < 4.78 is 12.5. The molecular weight excluding hydrogens is 283 g/mol. The number of hydrogen-bond acceptors (Lipinski definition) is 2. The summed E-state index contributed by atoms with van der Waals surface area (Å²) in [6.07, 6.45) is 2.16. The predicted molar refractivity (Wildman–Crippen MR) is 63.0 cm³/mol. The highest BCUT2D eigenvalue weighted by Gasteiger charge is 2.29. The molecule has 0 aromatic carbocycles. The third-order valence-electron chi connectivity index (χ3n) is 1.47. The molecule has 0 aliphatic rings. The molecule has 0 spiro atoms. The molecule has 4 heteroatoms. The highest BCUT2D eigenvalue weighted by Crippen LogP contribution is 2.11. The van der Waals surface area contributed by atoms with Gasteiger partial charge in [-0.15, -0.1) is 0 Å². The van der Waals surface area contributed by atoms with Gasteiger partial charge in [-0.05, 0) is 19.4 Å². The van der Waals surface area contributed by atoms with E-state index in [9.17, 15) is 0 Å². The first-order chi connectivity index (χ1) is 5.68. The Morgan fingerprint density at radius 1 is 1.08 bits per heavy atom. The Balaban J connectivity index is 3.70. The molecule has 0 bridgehead atoms. The Kier molecular flexibility index (Phi) is 7.81. The van der Waals surface area contributed by atoms with Gasteiger partial charge in [-0.2, -0.15) is 0 Å².